The van der Waals surface area contributed by atoms with E-state index in [1.165, 1.54) is 11.4 Å². The van der Waals surface area contributed by atoms with Gasteiger partial charge in [0.15, 0.2) is 0 Å². The van der Waals surface area contributed by atoms with Gasteiger partial charge in [0.1, 0.15) is 0 Å². The number of benzene rings is 1. The molecule has 1 unspecified atom stereocenters. The lowest BCUT2D eigenvalue weighted by Gasteiger charge is -2.37. The van der Waals surface area contributed by atoms with Crippen LogP contribution in [0.15, 0.2) is 24.3 Å². The molecule has 2 rings (SSSR count). The summed E-state index contributed by atoms with van der Waals surface area (Å²) < 4.78 is 0. The molecular formula is C15H24N2O. The minimum absolute atomic E-state index is 0.162. The van der Waals surface area contributed by atoms with Crippen molar-refractivity contribution in [3.8, 4) is 0 Å². The van der Waals surface area contributed by atoms with Crippen LogP contribution in [-0.2, 0) is 0 Å². The van der Waals surface area contributed by atoms with Crippen LogP contribution in [0.2, 0.25) is 0 Å². The maximum atomic E-state index is 9.26. The molecule has 1 aromatic carbocycles. The number of rotatable bonds is 5. The van der Waals surface area contributed by atoms with Crippen LogP contribution >= 0.6 is 0 Å². The lowest BCUT2D eigenvalue weighted by Crippen LogP contribution is -2.39. The Bertz CT molecular complexity index is 379. The van der Waals surface area contributed by atoms with Crippen molar-refractivity contribution in [2.75, 3.05) is 36.5 Å². The first kappa shape index (κ1) is 13.2. The minimum Gasteiger partial charge on any atom is -0.393 e. The summed E-state index contributed by atoms with van der Waals surface area (Å²) in [6.45, 7) is 5.15. The zero-order valence-corrected chi connectivity index (χ0v) is 11.5. The van der Waals surface area contributed by atoms with Gasteiger partial charge in [-0.15, -0.1) is 0 Å². The molecule has 100 valence electrons. The lowest BCUT2D eigenvalue weighted by atomic mass is 10.1. The predicted octanol–water partition coefficient (Wildman–Crippen LogP) is 2.49. The van der Waals surface area contributed by atoms with Crippen molar-refractivity contribution in [3.05, 3.63) is 24.3 Å². The number of unbranched alkanes of at least 4 members (excludes halogenated alkanes) is 1. The van der Waals surface area contributed by atoms with Gasteiger partial charge >= 0.3 is 0 Å². The fourth-order valence-electron chi connectivity index (χ4n) is 2.54. The van der Waals surface area contributed by atoms with E-state index < -0.39 is 0 Å². The van der Waals surface area contributed by atoms with Gasteiger partial charge < -0.3 is 14.9 Å². The molecule has 0 saturated heterocycles. The van der Waals surface area contributed by atoms with Gasteiger partial charge in [-0.05, 0) is 38.3 Å². The van der Waals surface area contributed by atoms with Gasteiger partial charge in [0, 0.05) is 26.7 Å². The molecular weight excluding hydrogens is 224 g/mol. The predicted molar refractivity (Wildman–Crippen MR) is 77.5 cm³/mol. The largest absolute Gasteiger partial charge is 0.393 e. The first-order valence-corrected chi connectivity index (χ1v) is 6.91. The molecule has 1 aliphatic rings. The second-order valence-electron chi connectivity index (χ2n) is 5.24. The van der Waals surface area contributed by atoms with Gasteiger partial charge in [-0.3, -0.25) is 0 Å². The van der Waals surface area contributed by atoms with E-state index in [0.29, 0.717) is 0 Å². The molecule has 18 heavy (non-hydrogen) atoms. The lowest BCUT2D eigenvalue weighted by molar-refractivity contribution is 0.181. The van der Waals surface area contributed by atoms with E-state index in [9.17, 15) is 5.11 Å². The molecule has 0 aromatic heterocycles. The number of para-hydroxylation sites is 2. The number of nitrogens with zero attached hydrogens (tertiary/aromatic N) is 2. The molecule has 0 bridgehead atoms. The molecule has 3 heteroatoms. The van der Waals surface area contributed by atoms with Crippen LogP contribution in [0.5, 0.6) is 0 Å². The molecule has 1 aromatic rings. The highest BCUT2D eigenvalue weighted by atomic mass is 16.3. The minimum atomic E-state index is -0.162. The average molecular weight is 248 g/mol. The maximum Gasteiger partial charge on any atom is 0.0604 e. The maximum absolute atomic E-state index is 9.26. The first-order chi connectivity index (χ1) is 8.68. The summed E-state index contributed by atoms with van der Waals surface area (Å²) >= 11 is 0. The number of anilines is 2. The van der Waals surface area contributed by atoms with Crippen molar-refractivity contribution in [1.29, 1.82) is 0 Å². The van der Waals surface area contributed by atoms with Crippen LogP contribution in [0.1, 0.15) is 26.2 Å². The van der Waals surface area contributed by atoms with Crippen molar-refractivity contribution in [1.82, 2.24) is 0 Å². The molecule has 1 heterocycles. The molecule has 1 atom stereocenters. The number of aliphatic hydroxyl groups is 1. The van der Waals surface area contributed by atoms with Gasteiger partial charge in [0.25, 0.3) is 0 Å². The smallest absolute Gasteiger partial charge is 0.0604 e. The molecule has 0 spiro atoms. The zero-order valence-electron chi connectivity index (χ0n) is 11.5. The van der Waals surface area contributed by atoms with Crippen molar-refractivity contribution in [2.45, 2.75) is 32.3 Å². The third kappa shape index (κ3) is 3.16. The molecule has 1 N–H and O–H groups in total. The molecule has 1 aliphatic heterocycles. The van der Waals surface area contributed by atoms with Crippen LogP contribution in [0, 0.1) is 0 Å². The highest BCUT2D eigenvalue weighted by molar-refractivity contribution is 5.72. The van der Waals surface area contributed by atoms with E-state index >= 15 is 0 Å². The highest BCUT2D eigenvalue weighted by Crippen LogP contribution is 2.31. The van der Waals surface area contributed by atoms with Crippen LogP contribution in [0.4, 0.5) is 11.4 Å². The van der Waals surface area contributed by atoms with Crippen LogP contribution < -0.4 is 9.80 Å². The summed E-state index contributed by atoms with van der Waals surface area (Å²) in [4.78, 5) is 4.79. The average Bonchev–Trinajstić information content (AvgIpc) is 2.37. The Kier molecular flexibility index (Phi) is 4.48. The molecule has 0 fully saturated rings. The second-order valence-corrected chi connectivity index (χ2v) is 5.24. The Morgan fingerprint density at radius 3 is 2.61 bits per heavy atom. The standard InChI is InChI=1S/C15H24N2O/c1-13(18)7-5-6-10-17-12-11-16(2)14-8-3-4-9-15(14)17/h3-4,8-9,13,18H,5-7,10-12H2,1-2H3. The zero-order chi connectivity index (χ0) is 13.0. The summed E-state index contributed by atoms with van der Waals surface area (Å²) in [7, 11) is 2.16. The van der Waals surface area contributed by atoms with Gasteiger partial charge in [0.2, 0.25) is 0 Å². The molecule has 3 nitrogen and oxygen atoms in total. The Morgan fingerprint density at radius 2 is 1.89 bits per heavy atom. The van der Waals surface area contributed by atoms with E-state index in [1.54, 1.807) is 0 Å². The Morgan fingerprint density at radius 1 is 1.17 bits per heavy atom. The number of aliphatic hydroxyl groups excluding tert-OH is 1. The van der Waals surface area contributed by atoms with E-state index in [-0.39, 0.29) is 6.10 Å². The fourth-order valence-corrected chi connectivity index (χ4v) is 2.54. The van der Waals surface area contributed by atoms with Gasteiger partial charge in [0.05, 0.1) is 17.5 Å². The van der Waals surface area contributed by atoms with Crippen molar-refractivity contribution in [3.63, 3.8) is 0 Å². The van der Waals surface area contributed by atoms with Crippen molar-refractivity contribution >= 4 is 11.4 Å². The third-order valence-corrected chi connectivity index (χ3v) is 3.64. The van der Waals surface area contributed by atoms with Gasteiger partial charge in [-0.2, -0.15) is 0 Å². The SMILES string of the molecule is CC(O)CCCCN1CCN(C)c2ccccc21. The Balaban J connectivity index is 1.92. The number of fused-ring (bicyclic) bond motifs is 1. The summed E-state index contributed by atoms with van der Waals surface area (Å²) in [5.41, 5.74) is 2.68. The van der Waals surface area contributed by atoms with Crippen molar-refractivity contribution < 1.29 is 5.11 Å². The van der Waals surface area contributed by atoms with E-state index in [1.807, 2.05) is 6.92 Å². The van der Waals surface area contributed by atoms with Gasteiger partial charge in [-0.1, -0.05) is 12.1 Å². The van der Waals surface area contributed by atoms with Crippen LogP contribution in [0.25, 0.3) is 0 Å². The Hall–Kier alpha value is -1.22. The highest BCUT2D eigenvalue weighted by Gasteiger charge is 2.18. The normalized spacial score (nSPS) is 16.6. The number of hydrogen-bond acceptors (Lipinski definition) is 3. The topological polar surface area (TPSA) is 26.7 Å². The second kappa shape index (κ2) is 6.10. The number of hydrogen-bond donors (Lipinski definition) is 1. The Labute approximate surface area is 110 Å². The van der Waals surface area contributed by atoms with Crippen LogP contribution in [0.3, 0.4) is 0 Å². The summed E-state index contributed by atoms with van der Waals surface area (Å²) in [5.74, 6) is 0. The molecule has 0 saturated carbocycles. The number of likely N-dealkylation sites (N-methyl/N-ethyl adjacent to an activating group) is 1. The van der Waals surface area contributed by atoms with Gasteiger partial charge in [-0.25, -0.2) is 0 Å². The van der Waals surface area contributed by atoms with Crippen LogP contribution in [-0.4, -0.2) is 37.9 Å². The van der Waals surface area contributed by atoms with Crippen molar-refractivity contribution in [2.24, 2.45) is 0 Å². The monoisotopic (exact) mass is 248 g/mol. The molecule has 0 amide bonds. The quantitative estimate of drug-likeness (QED) is 0.811. The first-order valence-electron chi connectivity index (χ1n) is 6.91. The van der Waals surface area contributed by atoms with E-state index in [2.05, 4.69) is 41.1 Å². The molecule has 0 aliphatic carbocycles. The van der Waals surface area contributed by atoms with E-state index in [4.69, 9.17) is 0 Å². The molecule has 0 radical (unpaired) electrons. The summed E-state index contributed by atoms with van der Waals surface area (Å²) in [6, 6.07) is 8.62. The summed E-state index contributed by atoms with van der Waals surface area (Å²) in [6.07, 6.45) is 3.01. The summed E-state index contributed by atoms with van der Waals surface area (Å²) in [5, 5.41) is 9.26. The third-order valence-electron chi connectivity index (χ3n) is 3.64. The van der Waals surface area contributed by atoms with E-state index in [0.717, 1.165) is 38.9 Å². The fraction of sp³-hybridized carbons (Fsp3) is 0.600.